The van der Waals surface area contributed by atoms with E-state index in [4.69, 9.17) is 14.6 Å². The van der Waals surface area contributed by atoms with Crippen LogP contribution in [0.3, 0.4) is 0 Å². The van der Waals surface area contributed by atoms with Gasteiger partial charge in [-0.05, 0) is 29.7 Å². The topological polar surface area (TPSA) is 76.0 Å². The molecule has 5 heteroatoms. The second-order valence-corrected chi connectivity index (χ2v) is 3.98. The maximum atomic E-state index is 11.1. The van der Waals surface area contributed by atoms with E-state index in [0.717, 1.165) is 0 Å². The van der Waals surface area contributed by atoms with Crippen molar-refractivity contribution in [2.75, 3.05) is 14.2 Å². The maximum Gasteiger partial charge on any atom is 0.311 e. The van der Waals surface area contributed by atoms with Gasteiger partial charge < -0.3 is 19.7 Å². The van der Waals surface area contributed by atoms with Gasteiger partial charge in [0.1, 0.15) is 0 Å². The third-order valence-electron chi connectivity index (χ3n) is 3.08. The summed E-state index contributed by atoms with van der Waals surface area (Å²) in [6, 6.07) is 3.27. The molecule has 17 heavy (non-hydrogen) atoms. The largest absolute Gasteiger partial charge is 0.493 e. The van der Waals surface area contributed by atoms with Crippen LogP contribution in [-0.4, -0.2) is 30.4 Å². The number of aliphatic carboxylic acids is 1. The van der Waals surface area contributed by atoms with Gasteiger partial charge in [-0.2, -0.15) is 0 Å². The number of benzene rings is 1. The summed E-state index contributed by atoms with van der Waals surface area (Å²) < 4.78 is 10.2. The molecule has 1 aliphatic rings. The minimum atomic E-state index is -0.935. The zero-order valence-corrected chi connectivity index (χ0v) is 9.64. The Morgan fingerprint density at radius 3 is 2.24 bits per heavy atom. The fourth-order valence-electron chi connectivity index (χ4n) is 2.21. The highest BCUT2D eigenvalue weighted by Gasteiger charge is 2.35. The third kappa shape index (κ3) is 1.82. The van der Waals surface area contributed by atoms with Crippen molar-refractivity contribution in [3.63, 3.8) is 0 Å². The number of aliphatic hydroxyl groups is 1. The molecule has 0 fully saturated rings. The van der Waals surface area contributed by atoms with E-state index in [1.165, 1.54) is 14.2 Å². The Morgan fingerprint density at radius 2 is 1.76 bits per heavy atom. The molecule has 0 saturated heterocycles. The summed E-state index contributed by atoms with van der Waals surface area (Å²) in [5.41, 5.74) is 1.21. The van der Waals surface area contributed by atoms with Gasteiger partial charge in [0.15, 0.2) is 11.5 Å². The normalized spacial score (nSPS) is 22.1. The van der Waals surface area contributed by atoms with Crippen LogP contribution in [0.4, 0.5) is 0 Å². The molecule has 1 aliphatic carbocycles. The SMILES string of the molecule is COc1cc2c(cc1OC)C(C(=O)O)CC2O. The van der Waals surface area contributed by atoms with E-state index >= 15 is 0 Å². The molecule has 1 aromatic carbocycles. The lowest BCUT2D eigenvalue weighted by molar-refractivity contribution is -0.139. The summed E-state index contributed by atoms with van der Waals surface area (Å²) in [6.45, 7) is 0. The zero-order chi connectivity index (χ0) is 12.6. The van der Waals surface area contributed by atoms with E-state index in [0.29, 0.717) is 22.6 Å². The molecule has 2 unspecified atom stereocenters. The van der Waals surface area contributed by atoms with Crippen molar-refractivity contribution in [3.8, 4) is 11.5 Å². The van der Waals surface area contributed by atoms with Gasteiger partial charge in [-0.3, -0.25) is 4.79 Å². The maximum absolute atomic E-state index is 11.1. The molecule has 0 aliphatic heterocycles. The van der Waals surface area contributed by atoms with Gasteiger partial charge in [0.05, 0.1) is 26.2 Å². The standard InChI is InChI=1S/C12H14O5/c1-16-10-4-6-7(5-11(10)17-2)9(13)3-8(6)12(14)15/h4-5,8-9,13H,3H2,1-2H3,(H,14,15). The van der Waals surface area contributed by atoms with E-state index in [1.807, 2.05) is 0 Å². The summed E-state index contributed by atoms with van der Waals surface area (Å²) in [7, 11) is 2.99. The van der Waals surface area contributed by atoms with Crippen molar-refractivity contribution in [2.45, 2.75) is 18.4 Å². The molecule has 2 rings (SSSR count). The first-order chi connectivity index (χ1) is 8.08. The lowest BCUT2D eigenvalue weighted by atomic mass is 10.0. The Morgan fingerprint density at radius 1 is 1.24 bits per heavy atom. The fraction of sp³-hybridized carbons (Fsp3) is 0.417. The van der Waals surface area contributed by atoms with Crippen molar-refractivity contribution in [1.82, 2.24) is 0 Å². The number of hydrogen-bond acceptors (Lipinski definition) is 4. The predicted molar refractivity (Wildman–Crippen MR) is 59.5 cm³/mol. The average Bonchev–Trinajstić information content (AvgIpc) is 2.64. The van der Waals surface area contributed by atoms with Crippen LogP contribution in [0.15, 0.2) is 12.1 Å². The van der Waals surface area contributed by atoms with Crippen molar-refractivity contribution in [1.29, 1.82) is 0 Å². The van der Waals surface area contributed by atoms with Crippen molar-refractivity contribution in [3.05, 3.63) is 23.3 Å². The van der Waals surface area contributed by atoms with Gasteiger partial charge in [-0.25, -0.2) is 0 Å². The lowest BCUT2D eigenvalue weighted by Gasteiger charge is -2.12. The molecular formula is C12H14O5. The van der Waals surface area contributed by atoms with Crippen LogP contribution in [0.2, 0.25) is 0 Å². The molecule has 92 valence electrons. The van der Waals surface area contributed by atoms with Crippen LogP contribution < -0.4 is 9.47 Å². The Hall–Kier alpha value is -1.75. The predicted octanol–water partition coefficient (Wildman–Crippen LogP) is 1.31. The highest BCUT2D eigenvalue weighted by molar-refractivity contribution is 5.78. The third-order valence-corrected chi connectivity index (χ3v) is 3.08. The number of rotatable bonds is 3. The van der Waals surface area contributed by atoms with E-state index in [2.05, 4.69) is 0 Å². The molecule has 2 atom stereocenters. The van der Waals surface area contributed by atoms with Gasteiger partial charge in [0, 0.05) is 0 Å². The number of carboxylic acids is 1. The van der Waals surface area contributed by atoms with E-state index < -0.39 is 18.0 Å². The number of methoxy groups -OCH3 is 2. The smallest absolute Gasteiger partial charge is 0.311 e. The number of hydrogen-bond donors (Lipinski definition) is 2. The molecular weight excluding hydrogens is 224 g/mol. The average molecular weight is 238 g/mol. The second-order valence-electron chi connectivity index (χ2n) is 3.98. The molecule has 0 saturated carbocycles. The minimum absolute atomic E-state index is 0.195. The van der Waals surface area contributed by atoms with Crippen LogP contribution in [-0.2, 0) is 4.79 Å². The zero-order valence-electron chi connectivity index (χ0n) is 9.64. The number of carbonyl (C=O) groups is 1. The second kappa shape index (κ2) is 4.25. The van der Waals surface area contributed by atoms with Gasteiger partial charge in [-0.1, -0.05) is 0 Å². The molecule has 0 spiro atoms. The molecule has 0 aromatic heterocycles. The monoisotopic (exact) mass is 238 g/mol. The first-order valence-electron chi connectivity index (χ1n) is 5.25. The molecule has 0 amide bonds. The summed E-state index contributed by atoms with van der Waals surface area (Å²) in [5, 5.41) is 18.9. The Bertz CT molecular complexity index is 454. The highest BCUT2D eigenvalue weighted by Crippen LogP contribution is 2.45. The first-order valence-corrected chi connectivity index (χ1v) is 5.25. The Balaban J connectivity index is 2.54. The van der Waals surface area contributed by atoms with Gasteiger partial charge >= 0.3 is 5.97 Å². The van der Waals surface area contributed by atoms with Crippen LogP contribution >= 0.6 is 0 Å². The van der Waals surface area contributed by atoms with E-state index in [-0.39, 0.29) is 6.42 Å². The van der Waals surface area contributed by atoms with Crippen molar-refractivity contribution < 1.29 is 24.5 Å². The molecule has 2 N–H and O–H groups in total. The Labute approximate surface area is 98.6 Å². The fourth-order valence-corrected chi connectivity index (χ4v) is 2.21. The van der Waals surface area contributed by atoms with Crippen LogP contribution in [0.1, 0.15) is 29.6 Å². The number of aliphatic hydroxyl groups excluding tert-OH is 1. The summed E-state index contributed by atoms with van der Waals surface area (Å²) in [4.78, 5) is 11.1. The lowest BCUT2D eigenvalue weighted by Crippen LogP contribution is -2.08. The molecule has 5 nitrogen and oxygen atoms in total. The summed E-state index contributed by atoms with van der Waals surface area (Å²) in [6.07, 6.45) is -0.563. The van der Waals surface area contributed by atoms with Crippen LogP contribution in [0.5, 0.6) is 11.5 Å². The number of carboxylic acid groups (broad SMARTS) is 1. The van der Waals surface area contributed by atoms with Gasteiger partial charge in [-0.15, -0.1) is 0 Å². The molecule has 1 aromatic rings. The minimum Gasteiger partial charge on any atom is -0.493 e. The van der Waals surface area contributed by atoms with E-state index in [9.17, 15) is 9.90 Å². The highest BCUT2D eigenvalue weighted by atomic mass is 16.5. The first kappa shape index (κ1) is 11.7. The number of ether oxygens (including phenoxy) is 2. The van der Waals surface area contributed by atoms with Crippen molar-refractivity contribution in [2.24, 2.45) is 0 Å². The quantitative estimate of drug-likeness (QED) is 0.830. The summed E-state index contributed by atoms with van der Waals surface area (Å²) in [5.74, 6) is -0.641. The Kier molecular flexibility index (Phi) is 2.93. The summed E-state index contributed by atoms with van der Waals surface area (Å²) >= 11 is 0. The van der Waals surface area contributed by atoms with Crippen molar-refractivity contribution >= 4 is 5.97 Å². The molecule has 0 radical (unpaired) electrons. The van der Waals surface area contributed by atoms with Crippen LogP contribution in [0, 0.1) is 0 Å². The van der Waals surface area contributed by atoms with Gasteiger partial charge in [0.2, 0.25) is 0 Å². The molecule has 0 heterocycles. The van der Waals surface area contributed by atoms with Gasteiger partial charge in [0.25, 0.3) is 0 Å². The number of fused-ring (bicyclic) bond motifs is 1. The van der Waals surface area contributed by atoms with Crippen LogP contribution in [0.25, 0.3) is 0 Å². The molecule has 0 bridgehead atoms. The van der Waals surface area contributed by atoms with E-state index in [1.54, 1.807) is 12.1 Å².